The van der Waals surface area contributed by atoms with Gasteiger partial charge in [-0.3, -0.25) is 4.68 Å². The fourth-order valence-electron chi connectivity index (χ4n) is 1.88. The molecule has 0 fully saturated rings. The highest BCUT2D eigenvalue weighted by atomic mass is 79.9. The average molecular weight is 329 g/mol. The van der Waals surface area contributed by atoms with Crippen LogP contribution in [0.2, 0.25) is 5.02 Å². The van der Waals surface area contributed by atoms with Crippen molar-refractivity contribution < 1.29 is 0 Å². The summed E-state index contributed by atoms with van der Waals surface area (Å²) in [7, 11) is 1.91. The first-order valence-corrected chi connectivity index (χ1v) is 6.91. The second-order valence-corrected chi connectivity index (χ2v) is 5.62. The third-order valence-corrected chi connectivity index (χ3v) is 3.82. The standard InChI is InChI=1S/C13H15BrClN3/c1-18-8-9(7-17-18)2-5-13(16)11-6-10(15)3-4-12(11)14/h3-4,6-8,13H,2,5,16H2,1H3. The van der Waals surface area contributed by atoms with Gasteiger partial charge in [0, 0.05) is 28.8 Å². The van der Waals surface area contributed by atoms with E-state index in [-0.39, 0.29) is 6.04 Å². The van der Waals surface area contributed by atoms with Crippen molar-refractivity contribution in [1.29, 1.82) is 0 Å². The van der Waals surface area contributed by atoms with Gasteiger partial charge in [0.15, 0.2) is 0 Å². The molecule has 0 saturated carbocycles. The second-order valence-electron chi connectivity index (χ2n) is 4.33. The van der Waals surface area contributed by atoms with Gasteiger partial charge in [0.25, 0.3) is 0 Å². The zero-order valence-electron chi connectivity index (χ0n) is 10.1. The van der Waals surface area contributed by atoms with Crippen LogP contribution in [0.1, 0.15) is 23.6 Å². The normalized spacial score (nSPS) is 12.7. The highest BCUT2D eigenvalue weighted by Crippen LogP contribution is 2.27. The number of rotatable bonds is 4. The molecule has 2 aromatic rings. The van der Waals surface area contributed by atoms with Crippen LogP contribution in [0.5, 0.6) is 0 Å². The molecule has 0 aliphatic carbocycles. The monoisotopic (exact) mass is 327 g/mol. The van der Waals surface area contributed by atoms with Crippen molar-refractivity contribution in [3.63, 3.8) is 0 Å². The van der Waals surface area contributed by atoms with Crippen LogP contribution < -0.4 is 5.73 Å². The van der Waals surface area contributed by atoms with Crippen LogP contribution in [0.4, 0.5) is 0 Å². The molecular formula is C13H15BrClN3. The maximum absolute atomic E-state index is 6.20. The molecule has 2 rings (SSSR count). The van der Waals surface area contributed by atoms with Crippen LogP contribution in [-0.2, 0) is 13.5 Å². The molecule has 0 amide bonds. The van der Waals surface area contributed by atoms with Crippen molar-refractivity contribution in [2.75, 3.05) is 0 Å². The lowest BCUT2D eigenvalue weighted by Gasteiger charge is -2.13. The lowest BCUT2D eigenvalue weighted by atomic mass is 10.0. The van der Waals surface area contributed by atoms with Gasteiger partial charge in [-0.25, -0.2) is 0 Å². The molecule has 2 N–H and O–H groups in total. The number of aryl methyl sites for hydroxylation is 2. The fourth-order valence-corrected chi connectivity index (χ4v) is 2.60. The summed E-state index contributed by atoms with van der Waals surface area (Å²) in [5, 5.41) is 4.86. The first-order valence-electron chi connectivity index (χ1n) is 5.74. The number of nitrogens with zero attached hydrogens (tertiary/aromatic N) is 2. The SMILES string of the molecule is Cn1cc(CCC(N)c2cc(Cl)ccc2Br)cn1. The maximum atomic E-state index is 6.20. The minimum absolute atomic E-state index is 0.0294. The molecule has 1 aromatic heterocycles. The Labute approximate surface area is 120 Å². The summed E-state index contributed by atoms with van der Waals surface area (Å²) in [6.45, 7) is 0. The Kier molecular flexibility index (Phi) is 4.43. The van der Waals surface area contributed by atoms with Gasteiger partial charge in [-0.05, 0) is 42.2 Å². The molecular weight excluding hydrogens is 314 g/mol. The molecule has 1 unspecified atom stereocenters. The van der Waals surface area contributed by atoms with E-state index in [1.165, 1.54) is 5.56 Å². The van der Waals surface area contributed by atoms with E-state index >= 15 is 0 Å². The molecule has 3 nitrogen and oxygen atoms in total. The van der Waals surface area contributed by atoms with Crippen LogP contribution in [0.15, 0.2) is 35.1 Å². The Morgan fingerprint density at radius 2 is 2.28 bits per heavy atom. The molecule has 0 saturated heterocycles. The minimum atomic E-state index is -0.0294. The van der Waals surface area contributed by atoms with Gasteiger partial charge in [0.2, 0.25) is 0 Å². The van der Waals surface area contributed by atoms with Crippen molar-refractivity contribution in [3.8, 4) is 0 Å². The van der Waals surface area contributed by atoms with Crippen molar-refractivity contribution >= 4 is 27.5 Å². The Morgan fingerprint density at radius 1 is 1.50 bits per heavy atom. The van der Waals surface area contributed by atoms with Crippen molar-refractivity contribution in [3.05, 3.63) is 51.2 Å². The lowest BCUT2D eigenvalue weighted by Crippen LogP contribution is -2.12. The highest BCUT2D eigenvalue weighted by Gasteiger charge is 2.11. The summed E-state index contributed by atoms with van der Waals surface area (Å²) in [5.74, 6) is 0. The molecule has 0 radical (unpaired) electrons. The molecule has 0 aliphatic heterocycles. The number of benzene rings is 1. The Bertz CT molecular complexity index is 539. The summed E-state index contributed by atoms with van der Waals surface area (Å²) in [6.07, 6.45) is 5.66. The number of hydrogen-bond donors (Lipinski definition) is 1. The average Bonchev–Trinajstić information content (AvgIpc) is 2.75. The van der Waals surface area contributed by atoms with E-state index < -0.39 is 0 Å². The Morgan fingerprint density at radius 3 is 2.94 bits per heavy atom. The number of nitrogens with two attached hydrogens (primary N) is 1. The van der Waals surface area contributed by atoms with Gasteiger partial charge in [-0.1, -0.05) is 27.5 Å². The van der Waals surface area contributed by atoms with E-state index in [4.69, 9.17) is 17.3 Å². The fraction of sp³-hybridized carbons (Fsp3) is 0.308. The molecule has 1 heterocycles. The summed E-state index contributed by atoms with van der Waals surface area (Å²) in [6, 6.07) is 5.67. The van der Waals surface area contributed by atoms with Crippen molar-refractivity contribution in [2.45, 2.75) is 18.9 Å². The third-order valence-electron chi connectivity index (χ3n) is 2.86. The van der Waals surface area contributed by atoms with E-state index in [1.807, 2.05) is 37.6 Å². The summed E-state index contributed by atoms with van der Waals surface area (Å²) >= 11 is 9.50. The van der Waals surface area contributed by atoms with Crippen molar-refractivity contribution in [2.24, 2.45) is 12.8 Å². The number of halogens is 2. The van der Waals surface area contributed by atoms with Gasteiger partial charge in [-0.2, -0.15) is 5.10 Å². The summed E-state index contributed by atoms with van der Waals surface area (Å²) in [5.41, 5.74) is 8.45. The minimum Gasteiger partial charge on any atom is -0.324 e. The van der Waals surface area contributed by atoms with E-state index in [9.17, 15) is 0 Å². The first kappa shape index (κ1) is 13.6. The maximum Gasteiger partial charge on any atom is 0.0521 e. The van der Waals surface area contributed by atoms with Gasteiger partial charge in [-0.15, -0.1) is 0 Å². The topological polar surface area (TPSA) is 43.8 Å². The summed E-state index contributed by atoms with van der Waals surface area (Å²) in [4.78, 5) is 0. The van der Waals surface area contributed by atoms with E-state index in [2.05, 4.69) is 21.0 Å². The number of hydrogen-bond acceptors (Lipinski definition) is 2. The zero-order chi connectivity index (χ0) is 13.1. The zero-order valence-corrected chi connectivity index (χ0v) is 12.4. The van der Waals surface area contributed by atoms with Crippen LogP contribution in [0.3, 0.4) is 0 Å². The molecule has 0 spiro atoms. The van der Waals surface area contributed by atoms with Gasteiger partial charge < -0.3 is 5.73 Å². The molecule has 1 aromatic carbocycles. The molecule has 0 bridgehead atoms. The number of aromatic nitrogens is 2. The predicted molar refractivity (Wildman–Crippen MR) is 77.6 cm³/mol. The Hall–Kier alpha value is -0.840. The van der Waals surface area contributed by atoms with E-state index in [1.54, 1.807) is 4.68 Å². The Balaban J connectivity index is 2.03. The first-order chi connectivity index (χ1) is 8.56. The smallest absolute Gasteiger partial charge is 0.0521 e. The third kappa shape index (κ3) is 3.34. The lowest BCUT2D eigenvalue weighted by molar-refractivity contribution is 0.648. The van der Waals surface area contributed by atoms with E-state index in [0.717, 1.165) is 22.9 Å². The van der Waals surface area contributed by atoms with E-state index in [0.29, 0.717) is 5.02 Å². The molecule has 96 valence electrons. The van der Waals surface area contributed by atoms with Crippen LogP contribution in [0.25, 0.3) is 0 Å². The van der Waals surface area contributed by atoms with Crippen LogP contribution in [0, 0.1) is 0 Å². The largest absolute Gasteiger partial charge is 0.324 e. The van der Waals surface area contributed by atoms with Crippen LogP contribution >= 0.6 is 27.5 Å². The highest BCUT2D eigenvalue weighted by molar-refractivity contribution is 9.10. The molecule has 5 heteroatoms. The van der Waals surface area contributed by atoms with Crippen LogP contribution in [-0.4, -0.2) is 9.78 Å². The van der Waals surface area contributed by atoms with Gasteiger partial charge >= 0.3 is 0 Å². The summed E-state index contributed by atoms with van der Waals surface area (Å²) < 4.78 is 2.81. The second kappa shape index (κ2) is 5.87. The van der Waals surface area contributed by atoms with Gasteiger partial charge in [0.1, 0.15) is 0 Å². The van der Waals surface area contributed by atoms with Gasteiger partial charge in [0.05, 0.1) is 6.20 Å². The predicted octanol–water partition coefficient (Wildman–Crippen LogP) is 3.47. The molecule has 0 aliphatic rings. The molecule has 18 heavy (non-hydrogen) atoms. The van der Waals surface area contributed by atoms with Crippen molar-refractivity contribution in [1.82, 2.24) is 9.78 Å². The quantitative estimate of drug-likeness (QED) is 0.934. The molecule has 1 atom stereocenters.